The van der Waals surface area contributed by atoms with Crippen LogP contribution in [0, 0.1) is 5.92 Å². The van der Waals surface area contributed by atoms with E-state index >= 15 is 0 Å². The van der Waals surface area contributed by atoms with Crippen molar-refractivity contribution in [3.05, 3.63) is 30.3 Å². The molecule has 0 spiro atoms. The van der Waals surface area contributed by atoms with Gasteiger partial charge in [-0.05, 0) is 44.0 Å². The summed E-state index contributed by atoms with van der Waals surface area (Å²) in [7, 11) is 0. The van der Waals surface area contributed by atoms with E-state index in [-0.39, 0.29) is 0 Å². The highest BCUT2D eigenvalue weighted by Gasteiger charge is 2.53. The molecular weight excluding hydrogens is 286 g/mol. The predicted octanol–water partition coefficient (Wildman–Crippen LogP) is 1.17. The Morgan fingerprint density at radius 2 is 2.00 bits per heavy atom. The summed E-state index contributed by atoms with van der Waals surface area (Å²) in [5.74, 6) is -0.148. The standard InChI is InChI=1S/C16H21NO3S/c18-10-14(19)15(20)16(21-13-4-2-1-3-5-13)11-17-8-6-12(16)7-9-17/h1-5,12,15,18,20H,6-11H2. The van der Waals surface area contributed by atoms with Gasteiger partial charge in [0, 0.05) is 11.4 Å². The number of benzene rings is 1. The molecule has 0 aromatic heterocycles. The van der Waals surface area contributed by atoms with Gasteiger partial charge in [0.2, 0.25) is 0 Å². The van der Waals surface area contributed by atoms with Crippen LogP contribution < -0.4 is 0 Å². The highest BCUT2D eigenvalue weighted by atomic mass is 32.2. The number of nitrogens with zero attached hydrogens (tertiary/aromatic N) is 1. The molecular formula is C16H21NO3S. The molecule has 0 amide bonds. The summed E-state index contributed by atoms with van der Waals surface area (Å²) < 4.78 is -0.530. The number of carbonyl (C=O) groups is 1. The molecule has 1 aromatic rings. The Balaban J connectivity index is 1.93. The van der Waals surface area contributed by atoms with Crippen LogP contribution in [0.2, 0.25) is 0 Å². The van der Waals surface area contributed by atoms with Gasteiger partial charge in [0.15, 0.2) is 5.78 Å². The van der Waals surface area contributed by atoms with Crippen molar-refractivity contribution >= 4 is 17.5 Å². The highest BCUT2D eigenvalue weighted by Crippen LogP contribution is 2.49. The van der Waals surface area contributed by atoms with E-state index in [0.717, 1.165) is 30.8 Å². The van der Waals surface area contributed by atoms with E-state index < -0.39 is 23.2 Å². The van der Waals surface area contributed by atoms with E-state index in [0.29, 0.717) is 12.5 Å². The third-order valence-electron chi connectivity index (χ3n) is 4.72. The van der Waals surface area contributed by atoms with E-state index in [1.165, 1.54) is 0 Å². The Labute approximate surface area is 129 Å². The number of aliphatic hydroxyl groups is 2. The molecule has 2 N–H and O–H groups in total. The number of aliphatic hydroxyl groups excluding tert-OH is 2. The van der Waals surface area contributed by atoms with Gasteiger partial charge in [0.1, 0.15) is 12.7 Å². The number of rotatable bonds is 5. The van der Waals surface area contributed by atoms with E-state index in [1.807, 2.05) is 30.3 Å². The number of carbonyl (C=O) groups excluding carboxylic acids is 1. The fraction of sp³-hybridized carbons (Fsp3) is 0.562. The molecule has 5 heteroatoms. The van der Waals surface area contributed by atoms with Crippen LogP contribution in [-0.4, -0.2) is 58.0 Å². The van der Waals surface area contributed by atoms with Gasteiger partial charge in [0.25, 0.3) is 0 Å². The molecule has 114 valence electrons. The average Bonchev–Trinajstić information content (AvgIpc) is 2.55. The van der Waals surface area contributed by atoms with E-state index in [9.17, 15) is 9.90 Å². The summed E-state index contributed by atoms with van der Waals surface area (Å²) in [6.45, 7) is 2.21. The summed E-state index contributed by atoms with van der Waals surface area (Å²) in [5.41, 5.74) is 0. The van der Waals surface area contributed by atoms with Crippen LogP contribution in [0.3, 0.4) is 0 Å². The number of Topliss-reactive ketones (excluding diaryl/α,β-unsaturated/α-hetero) is 1. The van der Waals surface area contributed by atoms with Gasteiger partial charge < -0.3 is 15.1 Å². The van der Waals surface area contributed by atoms with Crippen LogP contribution in [0.5, 0.6) is 0 Å². The van der Waals surface area contributed by atoms with Crippen molar-refractivity contribution < 1.29 is 15.0 Å². The fourth-order valence-corrected chi connectivity index (χ4v) is 5.23. The maximum atomic E-state index is 12.0. The number of fused-ring (bicyclic) bond motifs is 3. The van der Waals surface area contributed by atoms with Crippen molar-refractivity contribution in [1.82, 2.24) is 4.90 Å². The quantitative estimate of drug-likeness (QED) is 0.855. The second-order valence-corrected chi connectivity index (χ2v) is 7.38. The molecule has 4 rings (SSSR count). The van der Waals surface area contributed by atoms with Gasteiger partial charge in [-0.25, -0.2) is 0 Å². The van der Waals surface area contributed by atoms with Crippen molar-refractivity contribution in [2.24, 2.45) is 5.92 Å². The highest BCUT2D eigenvalue weighted by molar-refractivity contribution is 8.00. The van der Waals surface area contributed by atoms with Crippen LogP contribution in [0.25, 0.3) is 0 Å². The topological polar surface area (TPSA) is 60.8 Å². The summed E-state index contributed by atoms with van der Waals surface area (Å²) in [6, 6.07) is 9.93. The first-order valence-corrected chi connectivity index (χ1v) is 8.25. The minimum Gasteiger partial charge on any atom is -0.388 e. The van der Waals surface area contributed by atoms with Crippen molar-refractivity contribution in [3.8, 4) is 0 Å². The van der Waals surface area contributed by atoms with Crippen LogP contribution in [-0.2, 0) is 4.79 Å². The lowest BCUT2D eigenvalue weighted by atomic mass is 9.74. The second kappa shape index (κ2) is 6.08. The maximum Gasteiger partial charge on any atom is 0.188 e. The summed E-state index contributed by atoms with van der Waals surface area (Å²) in [5, 5.41) is 19.8. The Morgan fingerprint density at radius 3 is 2.52 bits per heavy atom. The van der Waals surface area contributed by atoms with E-state index in [1.54, 1.807) is 11.8 Å². The Kier molecular flexibility index (Phi) is 4.36. The van der Waals surface area contributed by atoms with Crippen molar-refractivity contribution in [2.75, 3.05) is 26.2 Å². The zero-order valence-corrected chi connectivity index (χ0v) is 12.8. The number of ketones is 1. The van der Waals surface area contributed by atoms with Gasteiger partial charge in [-0.15, -0.1) is 11.8 Å². The van der Waals surface area contributed by atoms with Crippen LogP contribution in [0.15, 0.2) is 35.2 Å². The molecule has 2 atom stereocenters. The lowest BCUT2D eigenvalue weighted by Gasteiger charge is -2.54. The third kappa shape index (κ3) is 2.75. The number of thioether (sulfide) groups is 1. The number of piperidine rings is 3. The Hall–Kier alpha value is -0.880. The van der Waals surface area contributed by atoms with E-state index in [4.69, 9.17) is 5.11 Å². The van der Waals surface area contributed by atoms with Gasteiger partial charge >= 0.3 is 0 Å². The number of hydrogen-bond donors (Lipinski definition) is 2. The molecule has 1 aromatic carbocycles. The molecule has 3 saturated heterocycles. The van der Waals surface area contributed by atoms with Gasteiger partial charge in [-0.1, -0.05) is 18.2 Å². The third-order valence-corrected chi connectivity index (χ3v) is 6.30. The lowest BCUT2D eigenvalue weighted by molar-refractivity contribution is -0.135. The van der Waals surface area contributed by atoms with Crippen LogP contribution in [0.4, 0.5) is 0 Å². The monoisotopic (exact) mass is 307 g/mol. The smallest absolute Gasteiger partial charge is 0.188 e. The molecule has 4 nitrogen and oxygen atoms in total. The largest absolute Gasteiger partial charge is 0.388 e. The van der Waals surface area contributed by atoms with Gasteiger partial charge in [0.05, 0.1) is 4.75 Å². The molecule has 0 saturated carbocycles. The van der Waals surface area contributed by atoms with Crippen molar-refractivity contribution in [2.45, 2.75) is 28.6 Å². The normalized spacial score (nSPS) is 32.9. The number of hydrogen-bond acceptors (Lipinski definition) is 5. The van der Waals surface area contributed by atoms with Gasteiger partial charge in [-0.2, -0.15) is 0 Å². The molecule has 3 fully saturated rings. The van der Waals surface area contributed by atoms with Crippen LogP contribution >= 0.6 is 11.8 Å². The zero-order chi connectivity index (χ0) is 14.9. The lowest BCUT2D eigenvalue weighted by Crippen LogP contribution is -2.64. The zero-order valence-electron chi connectivity index (χ0n) is 11.9. The Morgan fingerprint density at radius 1 is 1.33 bits per heavy atom. The molecule has 0 aliphatic carbocycles. The second-order valence-electron chi connectivity index (χ2n) is 5.95. The molecule has 2 unspecified atom stereocenters. The minimum absolute atomic E-state index is 0.318. The van der Waals surface area contributed by atoms with E-state index in [2.05, 4.69) is 4.90 Å². The molecule has 21 heavy (non-hydrogen) atoms. The van der Waals surface area contributed by atoms with Crippen molar-refractivity contribution in [1.29, 1.82) is 0 Å². The minimum atomic E-state index is -1.11. The fourth-order valence-electron chi connectivity index (χ4n) is 3.61. The summed E-state index contributed by atoms with van der Waals surface area (Å²) >= 11 is 1.60. The van der Waals surface area contributed by atoms with Gasteiger partial charge in [-0.3, -0.25) is 4.79 Å². The SMILES string of the molecule is O=C(CO)C(O)C1(Sc2ccccc2)CN2CCC1CC2. The molecule has 2 bridgehead atoms. The molecule has 3 aliphatic rings. The molecule has 3 heterocycles. The first-order chi connectivity index (χ1) is 10.2. The summed E-state index contributed by atoms with van der Waals surface area (Å²) in [4.78, 5) is 15.3. The van der Waals surface area contributed by atoms with Crippen LogP contribution in [0.1, 0.15) is 12.8 Å². The molecule has 3 aliphatic heterocycles. The Bertz CT molecular complexity index is 502. The van der Waals surface area contributed by atoms with Crippen molar-refractivity contribution in [3.63, 3.8) is 0 Å². The average molecular weight is 307 g/mol. The maximum absolute atomic E-state index is 12.0. The molecule has 0 radical (unpaired) electrons. The summed E-state index contributed by atoms with van der Waals surface area (Å²) in [6.07, 6.45) is 0.909. The predicted molar refractivity (Wildman–Crippen MR) is 82.3 cm³/mol. The first-order valence-electron chi connectivity index (χ1n) is 7.44. The first kappa shape index (κ1) is 15.0.